The van der Waals surface area contributed by atoms with Crippen LogP contribution in [0, 0.1) is 0 Å². The van der Waals surface area contributed by atoms with E-state index < -0.39 is 0 Å². The van der Waals surface area contributed by atoms with Crippen LogP contribution in [-0.4, -0.2) is 12.3 Å². The first kappa shape index (κ1) is 7.37. The minimum atomic E-state index is 0.0819. The third-order valence-electron chi connectivity index (χ3n) is 0.686. The maximum Gasteiger partial charge on any atom is 0.152 e. The maximum atomic E-state index is 10.2. The monoisotopic (exact) mass is 113 g/mol. The van der Waals surface area contributed by atoms with Crippen molar-refractivity contribution in [1.82, 2.24) is 0 Å². The van der Waals surface area contributed by atoms with Crippen molar-refractivity contribution in [2.45, 2.75) is 13.3 Å². The lowest BCUT2D eigenvalue weighted by atomic mass is 10.3. The standard InChI is InChI=1S/C6H11NO/c1-6(8)4-2-3-5-7/h2,4H,3,5,7H2,1H3/b4-2+. The Hall–Kier alpha value is -0.630. The molecule has 0 aliphatic rings. The van der Waals surface area contributed by atoms with Gasteiger partial charge in [0.25, 0.3) is 0 Å². The highest BCUT2D eigenvalue weighted by Crippen LogP contribution is 1.78. The van der Waals surface area contributed by atoms with Gasteiger partial charge in [0, 0.05) is 0 Å². The number of ketones is 1. The van der Waals surface area contributed by atoms with E-state index in [4.69, 9.17) is 5.73 Å². The van der Waals surface area contributed by atoms with Crippen LogP contribution >= 0.6 is 0 Å². The van der Waals surface area contributed by atoms with E-state index in [0.29, 0.717) is 6.54 Å². The lowest BCUT2D eigenvalue weighted by Gasteiger charge is -1.80. The van der Waals surface area contributed by atoms with Crippen LogP contribution in [0.15, 0.2) is 12.2 Å². The molecule has 0 heterocycles. The Kier molecular flexibility index (Phi) is 4.17. The Morgan fingerprint density at radius 2 is 2.38 bits per heavy atom. The van der Waals surface area contributed by atoms with Crippen molar-refractivity contribution in [3.8, 4) is 0 Å². The first-order valence-electron chi connectivity index (χ1n) is 2.64. The molecule has 0 radical (unpaired) electrons. The summed E-state index contributed by atoms with van der Waals surface area (Å²) in [6, 6.07) is 0. The predicted molar refractivity (Wildman–Crippen MR) is 33.5 cm³/mol. The Bertz CT molecular complexity index is 96.7. The highest BCUT2D eigenvalue weighted by atomic mass is 16.1. The van der Waals surface area contributed by atoms with Crippen LogP contribution in [0.3, 0.4) is 0 Å². The average Bonchev–Trinajstić information content (AvgIpc) is 1.66. The van der Waals surface area contributed by atoms with Crippen molar-refractivity contribution >= 4 is 5.78 Å². The fourth-order valence-corrected chi connectivity index (χ4v) is 0.346. The molecular weight excluding hydrogens is 102 g/mol. The van der Waals surface area contributed by atoms with Gasteiger partial charge >= 0.3 is 0 Å². The third kappa shape index (κ3) is 5.37. The van der Waals surface area contributed by atoms with E-state index in [0.717, 1.165) is 6.42 Å². The van der Waals surface area contributed by atoms with Crippen LogP contribution in [0.25, 0.3) is 0 Å². The van der Waals surface area contributed by atoms with Crippen LogP contribution in [0.4, 0.5) is 0 Å². The van der Waals surface area contributed by atoms with Gasteiger partial charge in [-0.05, 0) is 26.0 Å². The number of nitrogens with two attached hydrogens (primary N) is 1. The van der Waals surface area contributed by atoms with Crippen molar-refractivity contribution in [1.29, 1.82) is 0 Å². The Labute approximate surface area is 49.4 Å². The molecule has 0 bridgehead atoms. The van der Waals surface area contributed by atoms with Gasteiger partial charge in [-0.3, -0.25) is 4.79 Å². The summed E-state index contributed by atoms with van der Waals surface area (Å²) in [5, 5.41) is 0. The molecule has 0 atom stereocenters. The van der Waals surface area contributed by atoms with Gasteiger partial charge in [0.2, 0.25) is 0 Å². The minimum absolute atomic E-state index is 0.0819. The van der Waals surface area contributed by atoms with E-state index in [1.165, 1.54) is 13.0 Å². The third-order valence-corrected chi connectivity index (χ3v) is 0.686. The molecule has 8 heavy (non-hydrogen) atoms. The van der Waals surface area contributed by atoms with Crippen molar-refractivity contribution in [2.24, 2.45) is 5.73 Å². The summed E-state index contributed by atoms with van der Waals surface area (Å²) < 4.78 is 0. The topological polar surface area (TPSA) is 43.1 Å². The zero-order valence-electron chi connectivity index (χ0n) is 5.05. The number of allylic oxidation sites excluding steroid dienone is 1. The van der Waals surface area contributed by atoms with Crippen LogP contribution in [0.5, 0.6) is 0 Å². The molecule has 2 nitrogen and oxygen atoms in total. The largest absolute Gasteiger partial charge is 0.330 e. The van der Waals surface area contributed by atoms with Gasteiger partial charge in [0.05, 0.1) is 0 Å². The number of hydrogen-bond donors (Lipinski definition) is 1. The number of hydrogen-bond acceptors (Lipinski definition) is 2. The van der Waals surface area contributed by atoms with Crippen molar-refractivity contribution < 1.29 is 4.79 Å². The summed E-state index contributed by atoms with van der Waals surface area (Å²) in [4.78, 5) is 10.2. The van der Waals surface area contributed by atoms with E-state index in [-0.39, 0.29) is 5.78 Å². The first-order chi connectivity index (χ1) is 3.77. The molecule has 0 aliphatic carbocycles. The van der Waals surface area contributed by atoms with Gasteiger partial charge in [-0.25, -0.2) is 0 Å². The molecule has 0 rings (SSSR count). The number of carbonyl (C=O) groups is 1. The first-order valence-corrected chi connectivity index (χ1v) is 2.64. The lowest BCUT2D eigenvalue weighted by molar-refractivity contribution is -0.112. The molecule has 0 fully saturated rings. The summed E-state index contributed by atoms with van der Waals surface area (Å²) in [6.07, 6.45) is 4.11. The highest BCUT2D eigenvalue weighted by Gasteiger charge is 1.78. The minimum Gasteiger partial charge on any atom is -0.330 e. The van der Waals surface area contributed by atoms with E-state index in [1.807, 2.05) is 0 Å². The van der Waals surface area contributed by atoms with Crippen LogP contribution in [0.1, 0.15) is 13.3 Å². The fourth-order valence-electron chi connectivity index (χ4n) is 0.346. The van der Waals surface area contributed by atoms with Gasteiger partial charge in [0.1, 0.15) is 0 Å². The Balaban J connectivity index is 3.20. The highest BCUT2D eigenvalue weighted by molar-refractivity contribution is 5.87. The van der Waals surface area contributed by atoms with E-state index in [1.54, 1.807) is 6.08 Å². The average molecular weight is 113 g/mol. The van der Waals surface area contributed by atoms with Crippen molar-refractivity contribution in [2.75, 3.05) is 6.54 Å². The summed E-state index contributed by atoms with van der Waals surface area (Å²) >= 11 is 0. The summed E-state index contributed by atoms with van der Waals surface area (Å²) in [7, 11) is 0. The molecule has 0 saturated carbocycles. The predicted octanol–water partition coefficient (Wildman–Crippen LogP) is 0.480. The summed E-state index contributed by atoms with van der Waals surface area (Å²) in [6.45, 7) is 2.14. The molecule has 0 amide bonds. The molecule has 0 aliphatic heterocycles. The number of carbonyl (C=O) groups excluding carboxylic acids is 1. The molecule has 0 aromatic rings. The van der Waals surface area contributed by atoms with Gasteiger partial charge in [-0.2, -0.15) is 0 Å². The van der Waals surface area contributed by atoms with Crippen LogP contribution < -0.4 is 5.73 Å². The van der Waals surface area contributed by atoms with Crippen LogP contribution in [0.2, 0.25) is 0 Å². The molecule has 0 saturated heterocycles. The Morgan fingerprint density at radius 3 is 2.75 bits per heavy atom. The normalized spacial score (nSPS) is 10.2. The Morgan fingerprint density at radius 1 is 1.75 bits per heavy atom. The second-order valence-electron chi connectivity index (χ2n) is 1.59. The van der Waals surface area contributed by atoms with Gasteiger partial charge in [-0.1, -0.05) is 6.08 Å². The van der Waals surface area contributed by atoms with E-state index in [9.17, 15) is 4.79 Å². The zero-order valence-corrected chi connectivity index (χ0v) is 5.05. The van der Waals surface area contributed by atoms with Gasteiger partial charge in [-0.15, -0.1) is 0 Å². The quantitative estimate of drug-likeness (QED) is 0.541. The molecule has 2 heteroatoms. The molecule has 46 valence electrons. The van der Waals surface area contributed by atoms with Crippen LogP contribution in [-0.2, 0) is 4.79 Å². The van der Waals surface area contributed by atoms with Crippen molar-refractivity contribution in [3.05, 3.63) is 12.2 Å². The molecule has 0 aromatic heterocycles. The molecule has 0 spiro atoms. The summed E-state index contributed by atoms with van der Waals surface area (Å²) in [5.74, 6) is 0.0819. The zero-order chi connectivity index (χ0) is 6.41. The number of rotatable bonds is 3. The second kappa shape index (κ2) is 4.53. The molecule has 0 unspecified atom stereocenters. The SMILES string of the molecule is CC(=O)/C=C/CCN. The fraction of sp³-hybridized carbons (Fsp3) is 0.500. The summed E-state index contributed by atoms with van der Waals surface area (Å²) in [5.41, 5.74) is 5.15. The van der Waals surface area contributed by atoms with Gasteiger partial charge in [0.15, 0.2) is 5.78 Å². The second-order valence-corrected chi connectivity index (χ2v) is 1.59. The lowest BCUT2D eigenvalue weighted by Crippen LogP contribution is -1.95. The maximum absolute atomic E-state index is 10.2. The molecular formula is C6H11NO. The molecule has 2 N–H and O–H groups in total. The molecule has 0 aromatic carbocycles. The van der Waals surface area contributed by atoms with E-state index >= 15 is 0 Å². The van der Waals surface area contributed by atoms with Gasteiger partial charge < -0.3 is 5.73 Å². The van der Waals surface area contributed by atoms with Crippen molar-refractivity contribution in [3.63, 3.8) is 0 Å². The smallest absolute Gasteiger partial charge is 0.152 e. The van der Waals surface area contributed by atoms with E-state index in [2.05, 4.69) is 0 Å².